The van der Waals surface area contributed by atoms with Crippen LogP contribution in [0.25, 0.3) is 0 Å². The molecule has 8 heteroatoms. The number of urea groups is 1. The quantitative estimate of drug-likeness (QED) is 0.642. The van der Waals surface area contributed by atoms with E-state index >= 15 is 0 Å². The Hall–Kier alpha value is -2.61. The van der Waals surface area contributed by atoms with Gasteiger partial charge in [0.15, 0.2) is 0 Å². The molecule has 1 aliphatic rings. The van der Waals surface area contributed by atoms with E-state index in [4.69, 9.17) is 5.11 Å². The molecule has 0 atom stereocenters. The molecule has 28 heavy (non-hydrogen) atoms. The monoisotopic (exact) mass is 446 g/mol. The third-order valence-corrected chi connectivity index (χ3v) is 5.32. The molecule has 1 aromatic carbocycles. The molecule has 1 aliphatic carbocycles. The van der Waals surface area contributed by atoms with Gasteiger partial charge in [0.25, 0.3) is 0 Å². The molecule has 1 aromatic heterocycles. The van der Waals surface area contributed by atoms with Crippen LogP contribution >= 0.6 is 15.9 Å². The first-order valence-electron chi connectivity index (χ1n) is 9.25. The first-order valence-corrected chi connectivity index (χ1v) is 10.0. The van der Waals surface area contributed by atoms with Crippen molar-refractivity contribution in [2.24, 2.45) is 0 Å². The largest absolute Gasteiger partial charge is 0.465 e. The van der Waals surface area contributed by atoms with Crippen molar-refractivity contribution in [2.45, 2.75) is 44.3 Å². The Bertz CT molecular complexity index is 793. The van der Waals surface area contributed by atoms with Crippen LogP contribution in [0.5, 0.6) is 0 Å². The summed E-state index contributed by atoms with van der Waals surface area (Å²) in [6, 6.07) is 13.1. The lowest BCUT2D eigenvalue weighted by Crippen LogP contribution is -2.50. The maximum absolute atomic E-state index is 13.0. The first kappa shape index (κ1) is 20.1. The topological polar surface area (TPSA) is 94.6 Å². The number of rotatable bonds is 5. The van der Waals surface area contributed by atoms with Crippen LogP contribution in [0.3, 0.4) is 0 Å². The molecule has 0 unspecified atom stereocenters. The van der Waals surface area contributed by atoms with E-state index in [2.05, 4.69) is 31.5 Å². The second-order valence-corrected chi connectivity index (χ2v) is 7.72. The van der Waals surface area contributed by atoms with Crippen LogP contribution in [0.4, 0.5) is 15.4 Å². The van der Waals surface area contributed by atoms with Gasteiger partial charge in [-0.1, -0.05) is 30.3 Å². The predicted octanol–water partition coefficient (Wildman–Crippen LogP) is 4.14. The predicted molar refractivity (Wildman–Crippen MR) is 110 cm³/mol. The molecule has 7 nitrogen and oxygen atoms in total. The molecule has 0 radical (unpaired) electrons. The number of halogens is 1. The molecule has 1 fully saturated rings. The van der Waals surface area contributed by atoms with Crippen LogP contribution in [0.1, 0.15) is 31.2 Å². The number of nitrogens with zero attached hydrogens (tertiary/aromatic N) is 2. The van der Waals surface area contributed by atoms with Crippen LogP contribution in [0.15, 0.2) is 53.1 Å². The van der Waals surface area contributed by atoms with E-state index in [-0.39, 0.29) is 18.1 Å². The van der Waals surface area contributed by atoms with Gasteiger partial charge in [0, 0.05) is 29.3 Å². The zero-order valence-corrected chi connectivity index (χ0v) is 16.9. The summed E-state index contributed by atoms with van der Waals surface area (Å²) in [5, 5.41) is 14.4. The van der Waals surface area contributed by atoms with Crippen molar-refractivity contribution in [1.29, 1.82) is 0 Å². The summed E-state index contributed by atoms with van der Waals surface area (Å²) >= 11 is 3.37. The number of pyridine rings is 1. The number of anilines is 1. The lowest BCUT2D eigenvalue weighted by atomic mass is 9.90. The molecule has 148 valence electrons. The van der Waals surface area contributed by atoms with Gasteiger partial charge < -0.3 is 15.7 Å². The van der Waals surface area contributed by atoms with Crippen molar-refractivity contribution in [3.8, 4) is 0 Å². The Morgan fingerprint density at radius 2 is 1.82 bits per heavy atom. The van der Waals surface area contributed by atoms with Gasteiger partial charge >= 0.3 is 12.1 Å². The maximum atomic E-state index is 13.0. The van der Waals surface area contributed by atoms with Crippen molar-refractivity contribution in [3.63, 3.8) is 0 Å². The number of benzene rings is 1. The van der Waals surface area contributed by atoms with E-state index in [1.165, 1.54) is 0 Å². The highest BCUT2D eigenvalue weighted by Crippen LogP contribution is 2.27. The molecule has 0 spiro atoms. The number of hydrogen-bond acceptors (Lipinski definition) is 3. The Morgan fingerprint density at radius 1 is 1.11 bits per heavy atom. The van der Waals surface area contributed by atoms with Crippen LogP contribution in [0.2, 0.25) is 0 Å². The molecule has 1 heterocycles. The molecule has 2 aromatic rings. The van der Waals surface area contributed by atoms with E-state index in [1.54, 1.807) is 11.1 Å². The number of hydrogen-bond donors (Lipinski definition) is 3. The summed E-state index contributed by atoms with van der Waals surface area (Å²) in [6.45, 7) is 0.433. The van der Waals surface area contributed by atoms with Gasteiger partial charge in [-0.2, -0.15) is 0 Å². The molecule has 3 amide bonds. The first-order chi connectivity index (χ1) is 13.5. The Morgan fingerprint density at radius 3 is 2.43 bits per heavy atom. The summed E-state index contributed by atoms with van der Waals surface area (Å²) < 4.78 is 0.843. The lowest BCUT2D eigenvalue weighted by Gasteiger charge is -2.36. The zero-order valence-electron chi connectivity index (χ0n) is 15.3. The minimum atomic E-state index is -1.00. The molecule has 3 rings (SSSR count). The van der Waals surface area contributed by atoms with Crippen LogP contribution < -0.4 is 15.5 Å². The van der Waals surface area contributed by atoms with E-state index in [9.17, 15) is 9.59 Å². The van der Waals surface area contributed by atoms with Crippen molar-refractivity contribution in [2.75, 3.05) is 4.90 Å². The smallest absolute Gasteiger partial charge is 0.404 e. The van der Waals surface area contributed by atoms with E-state index in [0.717, 1.165) is 10.0 Å². The molecule has 0 aliphatic heterocycles. The second-order valence-electron chi connectivity index (χ2n) is 6.80. The average molecular weight is 447 g/mol. The Balaban J connectivity index is 1.71. The SMILES string of the molecule is O=C(O)N[C@H]1CC[C@H](N(C(=O)NCc2ccccc2)c2ccc(Br)cn2)CC1. The third-order valence-electron chi connectivity index (χ3n) is 4.85. The number of nitrogens with one attached hydrogen (secondary N) is 2. The minimum absolute atomic E-state index is 0.0312. The van der Waals surface area contributed by atoms with Gasteiger partial charge in [-0.3, -0.25) is 4.90 Å². The summed E-state index contributed by atoms with van der Waals surface area (Å²) in [5.74, 6) is 0.586. The van der Waals surface area contributed by atoms with Gasteiger partial charge in [0.1, 0.15) is 5.82 Å². The van der Waals surface area contributed by atoms with E-state index < -0.39 is 6.09 Å². The molecular weight excluding hydrogens is 424 g/mol. The normalized spacial score (nSPS) is 18.9. The Labute approximate surface area is 172 Å². The summed E-state index contributed by atoms with van der Waals surface area (Å²) in [5.41, 5.74) is 1.02. The fourth-order valence-electron chi connectivity index (χ4n) is 3.48. The van der Waals surface area contributed by atoms with Gasteiger partial charge in [-0.25, -0.2) is 14.6 Å². The number of carbonyl (C=O) groups is 2. The summed E-state index contributed by atoms with van der Waals surface area (Å²) in [4.78, 5) is 30.0. The number of carbonyl (C=O) groups excluding carboxylic acids is 1. The highest BCUT2D eigenvalue weighted by molar-refractivity contribution is 9.10. The molecule has 1 saturated carbocycles. The number of carboxylic acid groups (broad SMARTS) is 1. The van der Waals surface area contributed by atoms with Gasteiger partial charge in [0.2, 0.25) is 0 Å². The summed E-state index contributed by atoms with van der Waals surface area (Å²) in [7, 11) is 0. The summed E-state index contributed by atoms with van der Waals surface area (Å²) in [6.07, 6.45) is 3.47. The molecule has 0 saturated heterocycles. The number of amides is 3. The van der Waals surface area contributed by atoms with Crippen LogP contribution in [-0.4, -0.2) is 34.3 Å². The highest BCUT2D eigenvalue weighted by Gasteiger charge is 2.31. The maximum Gasteiger partial charge on any atom is 0.404 e. The van der Waals surface area contributed by atoms with Gasteiger partial charge in [-0.15, -0.1) is 0 Å². The standard InChI is InChI=1S/C20H23BrN4O3/c21-15-6-11-18(22-13-15)25(17-9-7-16(8-10-17)24-20(27)28)19(26)23-12-14-4-2-1-3-5-14/h1-6,11,13,16-17,24H,7-10,12H2,(H,23,26)(H,27,28)/t16-,17-. The highest BCUT2D eigenvalue weighted by atomic mass is 79.9. The average Bonchev–Trinajstić information content (AvgIpc) is 2.70. The van der Waals surface area contributed by atoms with Crippen molar-refractivity contribution in [3.05, 3.63) is 58.7 Å². The van der Waals surface area contributed by atoms with Crippen molar-refractivity contribution >= 4 is 33.9 Å². The molecule has 0 bridgehead atoms. The van der Waals surface area contributed by atoms with E-state index in [0.29, 0.717) is 38.0 Å². The van der Waals surface area contributed by atoms with Crippen LogP contribution in [-0.2, 0) is 6.54 Å². The Kier molecular flexibility index (Phi) is 6.86. The number of aromatic nitrogens is 1. The fourth-order valence-corrected chi connectivity index (χ4v) is 3.71. The zero-order chi connectivity index (χ0) is 19.9. The van der Waals surface area contributed by atoms with Crippen LogP contribution in [0, 0.1) is 0 Å². The van der Waals surface area contributed by atoms with Crippen molar-refractivity contribution in [1.82, 2.24) is 15.6 Å². The molecular formula is C20H23BrN4O3. The minimum Gasteiger partial charge on any atom is -0.465 e. The lowest BCUT2D eigenvalue weighted by molar-refractivity contribution is 0.184. The fraction of sp³-hybridized carbons (Fsp3) is 0.350. The molecule has 3 N–H and O–H groups in total. The van der Waals surface area contributed by atoms with Crippen molar-refractivity contribution < 1.29 is 14.7 Å². The van der Waals surface area contributed by atoms with E-state index in [1.807, 2.05) is 42.5 Å². The second kappa shape index (κ2) is 9.54. The van der Waals surface area contributed by atoms with Gasteiger partial charge in [-0.05, 0) is 59.3 Å². The third kappa shape index (κ3) is 5.45. The van der Waals surface area contributed by atoms with Gasteiger partial charge in [0.05, 0.1) is 0 Å².